The van der Waals surface area contributed by atoms with E-state index < -0.39 is 5.97 Å². The summed E-state index contributed by atoms with van der Waals surface area (Å²) in [6.45, 7) is 4.36. The summed E-state index contributed by atoms with van der Waals surface area (Å²) in [5, 5.41) is 8.77. The van der Waals surface area contributed by atoms with Gasteiger partial charge in [0.2, 0.25) is 0 Å². The monoisotopic (exact) mass is 524 g/mol. The van der Waals surface area contributed by atoms with Gasteiger partial charge < -0.3 is 9.84 Å². The average molecular weight is 525 g/mol. The number of ether oxygens (including phenoxy) is 1. The van der Waals surface area contributed by atoms with Crippen LogP contribution in [0.4, 0.5) is 0 Å². The molecule has 0 rings (SSSR count). The van der Waals surface area contributed by atoms with Crippen LogP contribution < -0.4 is 0 Å². The summed E-state index contributed by atoms with van der Waals surface area (Å²) in [7, 11) is 0. The first kappa shape index (κ1) is 35.9. The van der Waals surface area contributed by atoms with Gasteiger partial charge in [-0.05, 0) is 25.7 Å². The number of hydrogen-bond acceptors (Lipinski definition) is 3. The molecule has 0 aliphatic rings. The Labute approximate surface area is 231 Å². The maximum atomic E-state index is 12.1. The third-order valence-corrected chi connectivity index (χ3v) is 7.56. The predicted octanol–water partition coefficient (Wildman–Crippen LogP) is 10.9. The molecule has 37 heavy (non-hydrogen) atoms. The molecule has 4 heteroatoms. The number of esters is 1. The number of unbranched alkanes of at least 4 members (excludes halogenated alkanes) is 21. The first-order valence-electron chi connectivity index (χ1n) is 16.5. The fourth-order valence-corrected chi connectivity index (χ4v) is 5.19. The maximum absolute atomic E-state index is 12.1. The Morgan fingerprint density at radius 1 is 0.486 bits per heavy atom. The lowest BCUT2D eigenvalue weighted by molar-refractivity contribution is -0.150. The van der Waals surface area contributed by atoms with E-state index in [1.165, 1.54) is 128 Å². The third kappa shape index (κ3) is 29.4. The highest BCUT2D eigenvalue weighted by molar-refractivity contribution is 5.69. The molecule has 0 aliphatic heterocycles. The largest absolute Gasteiger partial charge is 0.481 e. The van der Waals surface area contributed by atoms with E-state index in [2.05, 4.69) is 13.8 Å². The minimum Gasteiger partial charge on any atom is -0.481 e. The van der Waals surface area contributed by atoms with Gasteiger partial charge in [0.25, 0.3) is 0 Å². The SMILES string of the molecule is CCCCCCCCCCCCCCCCCCCCCCCCC(=O)OC(CCC)CCCC(=O)O. The van der Waals surface area contributed by atoms with Crippen LogP contribution in [0.3, 0.4) is 0 Å². The molecule has 0 aromatic heterocycles. The van der Waals surface area contributed by atoms with Crippen molar-refractivity contribution in [2.45, 2.75) is 200 Å². The third-order valence-electron chi connectivity index (χ3n) is 7.56. The second kappa shape index (κ2) is 29.5. The summed E-state index contributed by atoms with van der Waals surface area (Å²) < 4.78 is 5.59. The fraction of sp³-hybridized carbons (Fsp3) is 0.939. The minimum atomic E-state index is -0.781. The van der Waals surface area contributed by atoms with Crippen LogP contribution in [0.15, 0.2) is 0 Å². The molecule has 0 aliphatic carbocycles. The normalized spacial score (nSPS) is 12.1. The summed E-state index contributed by atoms with van der Waals surface area (Å²) in [4.78, 5) is 22.8. The maximum Gasteiger partial charge on any atom is 0.306 e. The number of carboxylic acid groups (broad SMARTS) is 1. The Balaban J connectivity index is 3.32. The molecular formula is C33H64O4. The van der Waals surface area contributed by atoms with Crippen molar-refractivity contribution in [1.29, 1.82) is 0 Å². The molecule has 0 bridgehead atoms. The number of carbonyl (C=O) groups excluding carboxylic acids is 1. The van der Waals surface area contributed by atoms with E-state index in [1.54, 1.807) is 0 Å². The van der Waals surface area contributed by atoms with Crippen LogP contribution in [0.25, 0.3) is 0 Å². The zero-order valence-electron chi connectivity index (χ0n) is 25.0. The van der Waals surface area contributed by atoms with Gasteiger partial charge in [-0.15, -0.1) is 0 Å². The predicted molar refractivity (Wildman–Crippen MR) is 158 cm³/mol. The summed E-state index contributed by atoms with van der Waals surface area (Å²) in [6.07, 6.45) is 33.6. The van der Waals surface area contributed by atoms with Crippen molar-refractivity contribution in [3.63, 3.8) is 0 Å². The van der Waals surface area contributed by atoms with E-state index >= 15 is 0 Å². The van der Waals surface area contributed by atoms with Crippen molar-refractivity contribution in [3.05, 3.63) is 0 Å². The summed E-state index contributed by atoms with van der Waals surface area (Å²) in [5.74, 6) is -0.890. The van der Waals surface area contributed by atoms with Gasteiger partial charge >= 0.3 is 11.9 Å². The molecule has 0 spiro atoms. The van der Waals surface area contributed by atoms with Crippen LogP contribution in [0.1, 0.15) is 194 Å². The van der Waals surface area contributed by atoms with Crippen LogP contribution in [0, 0.1) is 0 Å². The number of rotatable bonds is 30. The van der Waals surface area contributed by atoms with Gasteiger partial charge in [0.15, 0.2) is 0 Å². The van der Waals surface area contributed by atoms with E-state index in [0.717, 1.165) is 25.7 Å². The van der Waals surface area contributed by atoms with Gasteiger partial charge in [0.05, 0.1) is 0 Å². The minimum absolute atomic E-state index is 0.109. The second-order valence-corrected chi connectivity index (χ2v) is 11.4. The van der Waals surface area contributed by atoms with Gasteiger partial charge in [-0.1, -0.05) is 155 Å². The van der Waals surface area contributed by atoms with Crippen molar-refractivity contribution in [2.75, 3.05) is 0 Å². The molecule has 0 saturated heterocycles. The Morgan fingerprint density at radius 2 is 0.865 bits per heavy atom. The van der Waals surface area contributed by atoms with Crippen molar-refractivity contribution in [1.82, 2.24) is 0 Å². The first-order chi connectivity index (χ1) is 18.1. The molecule has 1 N–H and O–H groups in total. The van der Waals surface area contributed by atoms with E-state index in [0.29, 0.717) is 19.3 Å². The van der Waals surface area contributed by atoms with Crippen LogP contribution in [0.5, 0.6) is 0 Å². The van der Waals surface area contributed by atoms with E-state index in [4.69, 9.17) is 9.84 Å². The van der Waals surface area contributed by atoms with Gasteiger partial charge in [-0.3, -0.25) is 9.59 Å². The van der Waals surface area contributed by atoms with Gasteiger partial charge in [-0.25, -0.2) is 0 Å². The van der Waals surface area contributed by atoms with Gasteiger partial charge in [-0.2, -0.15) is 0 Å². The Morgan fingerprint density at radius 3 is 1.22 bits per heavy atom. The molecule has 0 radical (unpaired) electrons. The Bertz CT molecular complexity index is 491. The smallest absolute Gasteiger partial charge is 0.306 e. The molecular weight excluding hydrogens is 460 g/mol. The molecule has 0 heterocycles. The molecule has 0 amide bonds. The van der Waals surface area contributed by atoms with Crippen molar-refractivity contribution < 1.29 is 19.4 Å². The zero-order valence-corrected chi connectivity index (χ0v) is 25.0. The second-order valence-electron chi connectivity index (χ2n) is 11.4. The summed E-state index contributed by atoms with van der Waals surface area (Å²) in [6, 6.07) is 0. The molecule has 0 aromatic rings. The van der Waals surface area contributed by atoms with Crippen molar-refractivity contribution >= 4 is 11.9 Å². The zero-order chi connectivity index (χ0) is 27.2. The Hall–Kier alpha value is -1.06. The van der Waals surface area contributed by atoms with E-state index in [9.17, 15) is 9.59 Å². The van der Waals surface area contributed by atoms with Crippen LogP contribution >= 0.6 is 0 Å². The Kier molecular flexibility index (Phi) is 28.7. The average Bonchev–Trinajstić information content (AvgIpc) is 2.87. The fourth-order valence-electron chi connectivity index (χ4n) is 5.19. The van der Waals surface area contributed by atoms with Crippen molar-refractivity contribution in [3.8, 4) is 0 Å². The highest BCUT2D eigenvalue weighted by atomic mass is 16.5. The van der Waals surface area contributed by atoms with Gasteiger partial charge in [0, 0.05) is 12.8 Å². The summed E-state index contributed by atoms with van der Waals surface area (Å²) in [5.41, 5.74) is 0. The quantitative estimate of drug-likeness (QED) is 0.0749. The molecule has 1 atom stereocenters. The van der Waals surface area contributed by atoms with E-state index in [-0.39, 0.29) is 18.5 Å². The van der Waals surface area contributed by atoms with Crippen LogP contribution in [-0.2, 0) is 14.3 Å². The summed E-state index contributed by atoms with van der Waals surface area (Å²) >= 11 is 0. The lowest BCUT2D eigenvalue weighted by Gasteiger charge is -2.17. The highest BCUT2D eigenvalue weighted by Gasteiger charge is 2.14. The first-order valence-corrected chi connectivity index (χ1v) is 16.5. The van der Waals surface area contributed by atoms with Crippen molar-refractivity contribution in [2.24, 2.45) is 0 Å². The lowest BCUT2D eigenvalue weighted by atomic mass is 10.0. The number of aliphatic carboxylic acids is 1. The standard InChI is InChI=1S/C33H64O4/c1-3-5-6-7-8-9-10-11-12-13-14-15-16-17-18-19-20-21-22-23-24-25-30-33(36)37-31(27-4-2)28-26-29-32(34)35/h31H,3-30H2,1-2H3,(H,34,35). The number of carboxylic acids is 1. The molecule has 1 unspecified atom stereocenters. The lowest BCUT2D eigenvalue weighted by Crippen LogP contribution is -2.18. The topological polar surface area (TPSA) is 63.6 Å². The van der Waals surface area contributed by atoms with Crippen LogP contribution in [-0.4, -0.2) is 23.1 Å². The molecule has 0 fully saturated rings. The highest BCUT2D eigenvalue weighted by Crippen LogP contribution is 2.16. The molecule has 0 aromatic carbocycles. The van der Waals surface area contributed by atoms with Gasteiger partial charge in [0.1, 0.15) is 6.10 Å². The molecule has 220 valence electrons. The number of carbonyl (C=O) groups is 2. The molecule has 4 nitrogen and oxygen atoms in total. The van der Waals surface area contributed by atoms with Crippen LogP contribution in [0.2, 0.25) is 0 Å². The van der Waals surface area contributed by atoms with E-state index in [1.807, 2.05) is 0 Å². The number of hydrogen-bond donors (Lipinski definition) is 1. The molecule has 0 saturated carbocycles.